The summed E-state index contributed by atoms with van der Waals surface area (Å²) in [5, 5.41) is 2.37. The molecule has 0 unspecified atom stereocenters. The number of allylic oxidation sites excluding steroid dienone is 1. The molecule has 0 saturated carbocycles. The Balaban J connectivity index is 2.10. The summed E-state index contributed by atoms with van der Waals surface area (Å²) in [7, 11) is 2.00. The van der Waals surface area contributed by atoms with Gasteiger partial charge in [0, 0.05) is 30.1 Å². The molecule has 3 rings (SSSR count). The van der Waals surface area contributed by atoms with Crippen molar-refractivity contribution < 1.29 is 19.1 Å². The van der Waals surface area contributed by atoms with Crippen molar-refractivity contribution in [1.29, 1.82) is 0 Å². The lowest BCUT2D eigenvalue weighted by molar-refractivity contribution is 0.0605. The van der Waals surface area contributed by atoms with Gasteiger partial charge >= 0.3 is 12.2 Å². The van der Waals surface area contributed by atoms with Gasteiger partial charge in [0.05, 0.1) is 19.3 Å². The van der Waals surface area contributed by atoms with Crippen LogP contribution in [0.5, 0.6) is 0 Å². The van der Waals surface area contributed by atoms with Crippen molar-refractivity contribution in [3.05, 3.63) is 59.3 Å². The van der Waals surface area contributed by atoms with Crippen molar-refractivity contribution in [1.82, 2.24) is 15.0 Å². The van der Waals surface area contributed by atoms with Crippen LogP contribution in [0.1, 0.15) is 39.2 Å². The van der Waals surface area contributed by atoms with E-state index in [1.54, 1.807) is 13.8 Å². The van der Waals surface area contributed by atoms with Gasteiger partial charge in [0.2, 0.25) is 0 Å². The fraction of sp³-hybridized carbons (Fsp3) is 0.391. The molecule has 0 radical (unpaired) electrons. The van der Waals surface area contributed by atoms with Gasteiger partial charge in [0.15, 0.2) is 0 Å². The Labute approximate surface area is 176 Å². The van der Waals surface area contributed by atoms with Gasteiger partial charge in [0.25, 0.3) is 0 Å². The van der Waals surface area contributed by atoms with Crippen molar-refractivity contribution >= 4 is 23.1 Å². The van der Waals surface area contributed by atoms with Crippen LogP contribution in [0.3, 0.4) is 0 Å². The van der Waals surface area contributed by atoms with E-state index in [1.165, 1.54) is 5.01 Å². The Morgan fingerprint density at radius 3 is 2.50 bits per heavy atom. The smallest absolute Gasteiger partial charge is 0.429 e. The average Bonchev–Trinajstić information content (AvgIpc) is 3.28. The first-order chi connectivity index (χ1) is 14.4. The summed E-state index contributed by atoms with van der Waals surface area (Å²) in [4.78, 5) is 25.1. The Kier molecular flexibility index (Phi) is 6.50. The lowest BCUT2D eigenvalue weighted by Gasteiger charge is -2.33. The zero-order valence-corrected chi connectivity index (χ0v) is 18.1. The van der Waals surface area contributed by atoms with Gasteiger partial charge < -0.3 is 14.0 Å². The maximum Gasteiger partial charge on any atom is 0.429 e. The number of hydrogen-bond donors (Lipinski definition) is 1. The van der Waals surface area contributed by atoms with Crippen LogP contribution in [0, 0.1) is 0 Å². The molecule has 30 heavy (non-hydrogen) atoms. The predicted octanol–water partition coefficient (Wildman–Crippen LogP) is 4.66. The van der Waals surface area contributed by atoms with Gasteiger partial charge in [-0.2, -0.15) is 0 Å². The first-order valence-corrected chi connectivity index (χ1v) is 10.2. The Morgan fingerprint density at radius 1 is 1.13 bits per heavy atom. The number of fused-ring (bicyclic) bond motifs is 1. The van der Waals surface area contributed by atoms with Crippen molar-refractivity contribution in [3.8, 4) is 0 Å². The van der Waals surface area contributed by atoms with E-state index in [0.717, 1.165) is 27.6 Å². The highest BCUT2D eigenvalue weighted by Gasteiger charge is 2.39. The van der Waals surface area contributed by atoms with Crippen LogP contribution in [-0.2, 0) is 16.5 Å². The number of aryl methyl sites for hydroxylation is 1. The Hall–Kier alpha value is -3.22. The summed E-state index contributed by atoms with van der Waals surface area (Å²) in [6.07, 6.45) is 4.86. The highest BCUT2D eigenvalue weighted by Crippen LogP contribution is 2.40. The normalized spacial score (nSPS) is 17.8. The quantitative estimate of drug-likeness (QED) is 0.743. The number of aromatic nitrogens is 1. The van der Waals surface area contributed by atoms with E-state index in [1.807, 2.05) is 39.1 Å². The van der Waals surface area contributed by atoms with Crippen molar-refractivity contribution in [2.24, 2.45) is 7.05 Å². The van der Waals surface area contributed by atoms with Crippen LogP contribution in [0.15, 0.2) is 53.8 Å². The largest absolute Gasteiger partial charge is 0.449 e. The Morgan fingerprint density at radius 2 is 1.83 bits per heavy atom. The topological polar surface area (TPSA) is 72.8 Å². The van der Waals surface area contributed by atoms with Gasteiger partial charge in [-0.25, -0.2) is 20.0 Å². The highest BCUT2D eigenvalue weighted by molar-refractivity contribution is 5.85. The zero-order valence-electron chi connectivity index (χ0n) is 18.1. The van der Waals surface area contributed by atoms with Crippen molar-refractivity contribution in [3.63, 3.8) is 0 Å². The second-order valence-electron chi connectivity index (χ2n) is 7.40. The fourth-order valence-electron chi connectivity index (χ4n) is 3.96. The summed E-state index contributed by atoms with van der Waals surface area (Å²) in [5.41, 5.74) is 6.79. The minimum atomic E-state index is -0.692. The molecule has 1 aromatic carbocycles. The van der Waals surface area contributed by atoms with Gasteiger partial charge in [-0.3, -0.25) is 0 Å². The summed E-state index contributed by atoms with van der Waals surface area (Å²) >= 11 is 0. The molecule has 0 bridgehead atoms. The molecule has 2 aromatic rings. The van der Waals surface area contributed by atoms with E-state index < -0.39 is 18.2 Å². The number of nitrogens with one attached hydrogen (secondary N) is 1. The summed E-state index contributed by atoms with van der Waals surface area (Å²) in [6.45, 7) is 7.83. The zero-order chi connectivity index (χ0) is 21.8. The first-order valence-electron chi connectivity index (χ1n) is 10.2. The van der Waals surface area contributed by atoms with Crippen LogP contribution >= 0.6 is 0 Å². The van der Waals surface area contributed by atoms with Crippen LogP contribution in [0.2, 0.25) is 0 Å². The minimum Gasteiger partial charge on any atom is -0.449 e. The molecule has 0 spiro atoms. The molecule has 0 saturated heterocycles. The molecule has 1 N–H and O–H groups in total. The van der Waals surface area contributed by atoms with Gasteiger partial charge in [-0.1, -0.05) is 35.9 Å². The number of amides is 2. The third kappa shape index (κ3) is 4.06. The molecule has 160 valence electrons. The standard InChI is InChI=1S/C23H29N3O4/c1-6-29-22(27)24-26(23(28)30-7-2)21-16(15(3)4)12-13-18(21)19-14-25(5)20-11-9-8-10-17(19)20/h8-14,18,21H,6-7H2,1-5H3,(H,24,27)/t18-,21+/m1/s1. The summed E-state index contributed by atoms with van der Waals surface area (Å²) in [6, 6.07) is 7.69. The summed E-state index contributed by atoms with van der Waals surface area (Å²) in [5.74, 6) is -0.160. The number of carbonyl (C=O) groups excluding carboxylic acids is 2. The number of rotatable bonds is 4. The van der Waals surface area contributed by atoms with E-state index in [9.17, 15) is 9.59 Å². The van der Waals surface area contributed by atoms with E-state index in [4.69, 9.17) is 9.47 Å². The molecule has 7 nitrogen and oxygen atoms in total. The first kappa shape index (κ1) is 21.5. The number of ether oxygens (including phenoxy) is 2. The van der Waals surface area contributed by atoms with Gasteiger partial charge in [-0.15, -0.1) is 0 Å². The summed E-state index contributed by atoms with van der Waals surface area (Å²) < 4.78 is 12.4. The highest BCUT2D eigenvalue weighted by atomic mass is 16.6. The molecular formula is C23H29N3O4. The lowest BCUT2D eigenvalue weighted by Crippen LogP contribution is -2.54. The van der Waals surface area contributed by atoms with E-state index in [0.29, 0.717) is 0 Å². The van der Waals surface area contributed by atoms with Crippen molar-refractivity contribution in [2.45, 2.75) is 39.7 Å². The number of nitrogens with zero attached hydrogens (tertiary/aromatic N) is 2. The molecule has 1 aliphatic carbocycles. The monoisotopic (exact) mass is 411 g/mol. The third-order valence-electron chi connectivity index (χ3n) is 5.24. The predicted molar refractivity (Wildman–Crippen MR) is 116 cm³/mol. The van der Waals surface area contributed by atoms with Crippen LogP contribution in [0.25, 0.3) is 10.9 Å². The molecule has 0 fully saturated rings. The molecule has 0 aliphatic heterocycles. The molecular weight excluding hydrogens is 382 g/mol. The molecule has 2 atom stereocenters. The molecule has 7 heteroatoms. The number of benzene rings is 1. The number of hydrogen-bond acceptors (Lipinski definition) is 4. The molecule has 2 amide bonds. The maximum absolute atomic E-state index is 12.9. The fourth-order valence-corrected chi connectivity index (χ4v) is 3.96. The maximum atomic E-state index is 12.9. The van der Waals surface area contributed by atoms with Crippen LogP contribution in [-0.4, -0.2) is 41.0 Å². The Bertz CT molecular complexity index is 1000. The van der Waals surface area contributed by atoms with Gasteiger partial charge in [-0.05, 0) is 44.9 Å². The van der Waals surface area contributed by atoms with Gasteiger partial charge in [0.1, 0.15) is 0 Å². The van der Waals surface area contributed by atoms with E-state index in [-0.39, 0.29) is 19.1 Å². The second kappa shape index (κ2) is 9.07. The third-order valence-corrected chi connectivity index (χ3v) is 5.24. The molecule has 1 aromatic heterocycles. The lowest BCUT2D eigenvalue weighted by atomic mass is 9.90. The second-order valence-corrected chi connectivity index (χ2v) is 7.40. The van der Waals surface area contributed by atoms with Crippen LogP contribution < -0.4 is 5.43 Å². The molecule has 1 aliphatic rings. The van der Waals surface area contributed by atoms with E-state index in [2.05, 4.69) is 34.4 Å². The number of para-hydroxylation sites is 1. The average molecular weight is 412 g/mol. The SMILES string of the molecule is CCOC(=O)NN(C(=O)OCC)[C@H]1C(=C(C)C)C=C[C@@H]1c1cn(C)c2ccccc12. The molecule has 1 heterocycles. The number of carbonyl (C=O) groups is 2. The minimum absolute atomic E-state index is 0.160. The number of hydrazine groups is 1. The van der Waals surface area contributed by atoms with Crippen molar-refractivity contribution in [2.75, 3.05) is 13.2 Å². The van der Waals surface area contributed by atoms with E-state index >= 15 is 0 Å². The van der Waals surface area contributed by atoms with Crippen LogP contribution in [0.4, 0.5) is 9.59 Å².